The van der Waals surface area contributed by atoms with Crippen molar-refractivity contribution >= 4 is 11.9 Å². The molecule has 19 heavy (non-hydrogen) atoms. The quantitative estimate of drug-likeness (QED) is 0.827. The molecule has 0 aliphatic heterocycles. The summed E-state index contributed by atoms with van der Waals surface area (Å²) in [5.41, 5.74) is 0.648. The molecule has 5 heteroatoms. The summed E-state index contributed by atoms with van der Waals surface area (Å²) in [4.78, 5) is 23.5. The molecular formula is C14H14N2O3. The molecule has 98 valence electrons. The van der Waals surface area contributed by atoms with Gasteiger partial charge < -0.3 is 10.1 Å². The lowest BCUT2D eigenvalue weighted by Crippen LogP contribution is -2.37. The highest BCUT2D eigenvalue weighted by atomic mass is 16.5. The van der Waals surface area contributed by atoms with Crippen molar-refractivity contribution in [2.45, 2.75) is 31.9 Å². The molecule has 1 atom stereocenters. The SMILES string of the molecule is C[C@H](OC(=O)c1cccc(C#N)c1)C(=O)NC1CC1. The molecule has 0 aromatic heterocycles. The van der Waals surface area contributed by atoms with E-state index in [1.54, 1.807) is 18.2 Å². The molecule has 5 nitrogen and oxygen atoms in total. The van der Waals surface area contributed by atoms with E-state index in [9.17, 15) is 9.59 Å². The third-order valence-electron chi connectivity index (χ3n) is 2.80. The summed E-state index contributed by atoms with van der Waals surface area (Å²) >= 11 is 0. The topological polar surface area (TPSA) is 79.2 Å². The van der Waals surface area contributed by atoms with Gasteiger partial charge in [-0.05, 0) is 38.0 Å². The van der Waals surface area contributed by atoms with Crippen molar-refractivity contribution in [2.24, 2.45) is 0 Å². The van der Waals surface area contributed by atoms with Crippen molar-refractivity contribution in [2.75, 3.05) is 0 Å². The number of carbonyl (C=O) groups is 2. The maximum absolute atomic E-state index is 11.8. The Kier molecular flexibility index (Phi) is 3.81. The van der Waals surface area contributed by atoms with Gasteiger partial charge in [-0.15, -0.1) is 0 Å². The van der Waals surface area contributed by atoms with E-state index in [-0.39, 0.29) is 17.5 Å². The van der Waals surface area contributed by atoms with Gasteiger partial charge in [-0.2, -0.15) is 5.26 Å². The number of ether oxygens (including phenoxy) is 1. The van der Waals surface area contributed by atoms with E-state index in [2.05, 4.69) is 5.32 Å². The Morgan fingerprint density at radius 1 is 1.47 bits per heavy atom. The molecule has 1 N–H and O–H groups in total. The second-order valence-corrected chi connectivity index (χ2v) is 4.52. The number of nitriles is 1. The Bertz CT molecular complexity index is 544. The summed E-state index contributed by atoms with van der Waals surface area (Å²) in [5.74, 6) is -0.886. The molecule has 0 unspecified atom stereocenters. The van der Waals surface area contributed by atoms with Crippen molar-refractivity contribution in [1.82, 2.24) is 5.32 Å². The van der Waals surface area contributed by atoms with Gasteiger partial charge in [-0.3, -0.25) is 4.79 Å². The Morgan fingerprint density at radius 2 is 2.21 bits per heavy atom. The first-order valence-corrected chi connectivity index (χ1v) is 6.11. The molecule has 1 amide bonds. The number of carbonyl (C=O) groups excluding carboxylic acids is 2. The van der Waals surface area contributed by atoms with Gasteiger partial charge in [0.2, 0.25) is 0 Å². The molecule has 1 fully saturated rings. The molecule has 2 rings (SSSR count). The van der Waals surface area contributed by atoms with E-state index in [1.165, 1.54) is 13.0 Å². The van der Waals surface area contributed by atoms with Crippen LogP contribution in [-0.2, 0) is 9.53 Å². The van der Waals surface area contributed by atoms with Gasteiger partial charge in [0.15, 0.2) is 6.10 Å². The third kappa shape index (κ3) is 3.55. The molecule has 1 aliphatic rings. The highest BCUT2D eigenvalue weighted by Crippen LogP contribution is 2.19. The molecule has 1 aliphatic carbocycles. The number of rotatable bonds is 4. The van der Waals surface area contributed by atoms with E-state index in [1.807, 2.05) is 6.07 Å². The second kappa shape index (κ2) is 5.53. The average molecular weight is 258 g/mol. The lowest BCUT2D eigenvalue weighted by atomic mass is 10.1. The predicted molar refractivity (Wildman–Crippen MR) is 67.2 cm³/mol. The van der Waals surface area contributed by atoms with Crippen LogP contribution < -0.4 is 5.32 Å². The monoisotopic (exact) mass is 258 g/mol. The minimum absolute atomic E-state index is 0.232. The smallest absolute Gasteiger partial charge is 0.338 e. The molecular weight excluding hydrogens is 244 g/mol. The van der Waals surface area contributed by atoms with Crippen LogP contribution in [0.1, 0.15) is 35.7 Å². The molecule has 1 aromatic rings. The zero-order chi connectivity index (χ0) is 13.8. The number of hydrogen-bond acceptors (Lipinski definition) is 4. The highest BCUT2D eigenvalue weighted by Gasteiger charge is 2.27. The van der Waals surface area contributed by atoms with Crippen LogP contribution in [0.3, 0.4) is 0 Å². The standard InChI is InChI=1S/C14H14N2O3/c1-9(13(17)16-12-5-6-12)19-14(18)11-4-2-3-10(7-11)8-15/h2-4,7,9,12H,5-6H2,1H3,(H,16,17)/t9-/m0/s1. The van der Waals surface area contributed by atoms with Crippen LogP contribution in [0.25, 0.3) is 0 Å². The number of nitrogens with one attached hydrogen (secondary N) is 1. The summed E-state index contributed by atoms with van der Waals surface area (Å²) in [7, 11) is 0. The maximum Gasteiger partial charge on any atom is 0.338 e. The first-order chi connectivity index (χ1) is 9.10. The lowest BCUT2D eigenvalue weighted by molar-refractivity contribution is -0.129. The van der Waals surface area contributed by atoms with Gasteiger partial charge in [-0.1, -0.05) is 6.07 Å². The summed E-state index contributed by atoms with van der Waals surface area (Å²) in [6.07, 6.45) is 1.13. The van der Waals surface area contributed by atoms with Gasteiger partial charge in [0, 0.05) is 6.04 Å². The first-order valence-electron chi connectivity index (χ1n) is 6.11. The molecule has 0 heterocycles. The van der Waals surface area contributed by atoms with Crippen molar-refractivity contribution in [3.05, 3.63) is 35.4 Å². The van der Waals surface area contributed by atoms with Gasteiger partial charge in [-0.25, -0.2) is 4.79 Å². The fraction of sp³-hybridized carbons (Fsp3) is 0.357. The van der Waals surface area contributed by atoms with Gasteiger partial charge in [0.05, 0.1) is 17.2 Å². The largest absolute Gasteiger partial charge is 0.449 e. The summed E-state index contributed by atoms with van der Waals surface area (Å²) in [6.45, 7) is 1.53. The third-order valence-corrected chi connectivity index (χ3v) is 2.80. The van der Waals surface area contributed by atoms with Crippen molar-refractivity contribution in [3.8, 4) is 6.07 Å². The van der Waals surface area contributed by atoms with E-state index in [0.29, 0.717) is 5.56 Å². The Hall–Kier alpha value is -2.35. The molecule has 1 saturated carbocycles. The van der Waals surface area contributed by atoms with Crippen LogP contribution in [0.4, 0.5) is 0 Å². The number of benzene rings is 1. The Morgan fingerprint density at radius 3 is 2.84 bits per heavy atom. The maximum atomic E-state index is 11.8. The Balaban J connectivity index is 1.95. The minimum Gasteiger partial charge on any atom is -0.449 e. The van der Waals surface area contributed by atoms with Crippen molar-refractivity contribution in [1.29, 1.82) is 5.26 Å². The molecule has 0 bridgehead atoms. The highest BCUT2D eigenvalue weighted by molar-refractivity contribution is 5.92. The number of amides is 1. The average Bonchev–Trinajstić information content (AvgIpc) is 3.22. The molecule has 0 radical (unpaired) electrons. The van der Waals surface area contributed by atoms with Gasteiger partial charge >= 0.3 is 5.97 Å². The molecule has 0 spiro atoms. The number of esters is 1. The van der Waals surface area contributed by atoms with Crippen LogP contribution in [0.5, 0.6) is 0 Å². The predicted octanol–water partition coefficient (Wildman–Crippen LogP) is 1.38. The zero-order valence-corrected chi connectivity index (χ0v) is 10.6. The van der Waals surface area contributed by atoms with Crippen molar-refractivity contribution in [3.63, 3.8) is 0 Å². The summed E-state index contributed by atoms with van der Waals surface area (Å²) in [6, 6.07) is 8.36. The van der Waals surface area contributed by atoms with E-state index < -0.39 is 12.1 Å². The van der Waals surface area contributed by atoms with Crippen LogP contribution in [0.15, 0.2) is 24.3 Å². The lowest BCUT2D eigenvalue weighted by Gasteiger charge is -2.13. The van der Waals surface area contributed by atoms with E-state index in [0.717, 1.165) is 12.8 Å². The number of hydrogen-bond donors (Lipinski definition) is 1. The second-order valence-electron chi connectivity index (χ2n) is 4.52. The van der Waals surface area contributed by atoms with E-state index in [4.69, 9.17) is 10.00 Å². The van der Waals surface area contributed by atoms with Crippen LogP contribution in [0, 0.1) is 11.3 Å². The zero-order valence-electron chi connectivity index (χ0n) is 10.6. The normalized spacial score (nSPS) is 15.2. The van der Waals surface area contributed by atoms with Gasteiger partial charge in [0.25, 0.3) is 5.91 Å². The van der Waals surface area contributed by atoms with Crippen LogP contribution in [0.2, 0.25) is 0 Å². The van der Waals surface area contributed by atoms with Crippen LogP contribution in [-0.4, -0.2) is 24.0 Å². The van der Waals surface area contributed by atoms with Gasteiger partial charge in [0.1, 0.15) is 0 Å². The minimum atomic E-state index is -0.834. The van der Waals surface area contributed by atoms with E-state index >= 15 is 0 Å². The molecule has 0 saturated heterocycles. The van der Waals surface area contributed by atoms with Crippen LogP contribution >= 0.6 is 0 Å². The first kappa shape index (κ1) is 13.1. The summed E-state index contributed by atoms with van der Waals surface area (Å²) < 4.78 is 5.07. The summed E-state index contributed by atoms with van der Waals surface area (Å²) in [5, 5.41) is 11.5. The van der Waals surface area contributed by atoms with Crippen molar-refractivity contribution < 1.29 is 14.3 Å². The fourth-order valence-corrected chi connectivity index (χ4v) is 1.54. The number of nitrogens with zero attached hydrogens (tertiary/aromatic N) is 1. The molecule has 1 aromatic carbocycles. The Labute approximate surface area is 111 Å². The fourth-order valence-electron chi connectivity index (χ4n) is 1.54.